The lowest BCUT2D eigenvalue weighted by Gasteiger charge is -2.13. The van der Waals surface area contributed by atoms with E-state index in [9.17, 15) is 0 Å². The van der Waals surface area contributed by atoms with Crippen LogP contribution in [-0.4, -0.2) is 12.9 Å². The molecule has 4 heteroatoms. The number of nitrogens with one attached hydrogen (secondary N) is 1. The Morgan fingerprint density at radius 1 is 1.15 bits per heavy atom. The van der Waals surface area contributed by atoms with Crippen molar-refractivity contribution >= 4 is 5.84 Å². The van der Waals surface area contributed by atoms with Gasteiger partial charge in [0.2, 0.25) is 0 Å². The second kappa shape index (κ2) is 6.10. The van der Waals surface area contributed by atoms with Crippen LogP contribution in [0.4, 0.5) is 0 Å². The van der Waals surface area contributed by atoms with E-state index in [1.54, 1.807) is 19.2 Å². The number of ether oxygens (including phenoxy) is 2. The molecule has 104 valence electrons. The number of nitrogen functional groups attached to an aromatic ring is 1. The first-order valence-corrected chi connectivity index (χ1v) is 6.31. The molecule has 0 spiro atoms. The summed E-state index contributed by atoms with van der Waals surface area (Å²) in [5, 5.41) is 7.49. The Kier molecular flexibility index (Phi) is 4.25. The van der Waals surface area contributed by atoms with Crippen molar-refractivity contribution in [3.63, 3.8) is 0 Å². The fraction of sp³-hybridized carbons (Fsp3) is 0.188. The second-order valence-corrected chi connectivity index (χ2v) is 4.49. The third-order valence-corrected chi connectivity index (χ3v) is 3.07. The largest absolute Gasteiger partial charge is 0.496 e. The zero-order valence-electron chi connectivity index (χ0n) is 11.6. The zero-order chi connectivity index (χ0) is 14.5. The lowest BCUT2D eigenvalue weighted by molar-refractivity contribution is 0.295. The lowest BCUT2D eigenvalue weighted by atomic mass is 10.1. The number of hydrogen-bond acceptors (Lipinski definition) is 3. The van der Waals surface area contributed by atoms with Gasteiger partial charge in [0.05, 0.1) is 7.11 Å². The normalized spacial score (nSPS) is 10.1. The molecule has 0 radical (unpaired) electrons. The Morgan fingerprint density at radius 3 is 2.55 bits per heavy atom. The van der Waals surface area contributed by atoms with Crippen LogP contribution in [0.3, 0.4) is 0 Å². The minimum atomic E-state index is 0.0322. The van der Waals surface area contributed by atoms with Gasteiger partial charge in [0, 0.05) is 11.1 Å². The van der Waals surface area contributed by atoms with Crippen molar-refractivity contribution in [1.29, 1.82) is 5.41 Å². The molecule has 0 aliphatic carbocycles. The molecule has 0 saturated carbocycles. The summed E-state index contributed by atoms with van der Waals surface area (Å²) in [4.78, 5) is 0. The standard InChI is InChI=1S/C16H18N2O2/c1-11-5-3-4-6-14(11)20-10-13-9-12(16(17)18)7-8-15(13)19-2/h3-9H,10H2,1-2H3,(H3,17,18). The van der Waals surface area contributed by atoms with Crippen molar-refractivity contribution in [2.75, 3.05) is 7.11 Å². The molecule has 0 unspecified atom stereocenters. The van der Waals surface area contributed by atoms with E-state index in [4.69, 9.17) is 20.6 Å². The molecule has 0 heterocycles. The van der Waals surface area contributed by atoms with Gasteiger partial charge in [-0.15, -0.1) is 0 Å². The van der Waals surface area contributed by atoms with Crippen molar-refractivity contribution in [2.45, 2.75) is 13.5 Å². The Labute approximate surface area is 118 Å². The van der Waals surface area contributed by atoms with Crippen molar-refractivity contribution in [3.05, 3.63) is 59.2 Å². The monoisotopic (exact) mass is 270 g/mol. The van der Waals surface area contributed by atoms with E-state index in [1.807, 2.05) is 37.3 Å². The van der Waals surface area contributed by atoms with Gasteiger partial charge in [-0.1, -0.05) is 18.2 Å². The summed E-state index contributed by atoms with van der Waals surface area (Å²) in [5.74, 6) is 1.59. The van der Waals surface area contributed by atoms with Gasteiger partial charge in [-0.2, -0.15) is 0 Å². The van der Waals surface area contributed by atoms with E-state index in [0.717, 1.165) is 22.6 Å². The van der Waals surface area contributed by atoms with E-state index in [-0.39, 0.29) is 5.84 Å². The Hall–Kier alpha value is -2.49. The predicted molar refractivity (Wildman–Crippen MR) is 79.5 cm³/mol. The van der Waals surface area contributed by atoms with E-state index in [1.165, 1.54) is 0 Å². The average molecular weight is 270 g/mol. The van der Waals surface area contributed by atoms with E-state index in [2.05, 4.69) is 0 Å². The smallest absolute Gasteiger partial charge is 0.125 e. The number of para-hydroxylation sites is 1. The van der Waals surface area contributed by atoms with Crippen LogP contribution >= 0.6 is 0 Å². The van der Waals surface area contributed by atoms with Gasteiger partial charge in [-0.25, -0.2) is 0 Å². The number of benzene rings is 2. The summed E-state index contributed by atoms with van der Waals surface area (Å²) in [7, 11) is 1.61. The molecule has 0 fully saturated rings. The third-order valence-electron chi connectivity index (χ3n) is 3.07. The minimum absolute atomic E-state index is 0.0322. The van der Waals surface area contributed by atoms with Crippen LogP contribution in [0.5, 0.6) is 11.5 Å². The number of amidine groups is 1. The molecule has 2 aromatic rings. The maximum Gasteiger partial charge on any atom is 0.125 e. The van der Waals surface area contributed by atoms with Crippen molar-refractivity contribution in [1.82, 2.24) is 0 Å². The van der Waals surface area contributed by atoms with Crippen LogP contribution in [0.25, 0.3) is 0 Å². The van der Waals surface area contributed by atoms with E-state index >= 15 is 0 Å². The molecule has 0 bridgehead atoms. The predicted octanol–water partition coefficient (Wildman–Crippen LogP) is 2.87. The van der Waals surface area contributed by atoms with Crippen LogP contribution in [0.2, 0.25) is 0 Å². The minimum Gasteiger partial charge on any atom is -0.496 e. The lowest BCUT2D eigenvalue weighted by Crippen LogP contribution is -2.12. The summed E-state index contributed by atoms with van der Waals surface area (Å²) in [5.41, 5.74) is 8.11. The zero-order valence-corrected chi connectivity index (χ0v) is 11.6. The molecule has 0 amide bonds. The molecule has 2 aromatic carbocycles. The first-order valence-electron chi connectivity index (χ1n) is 6.31. The Balaban J connectivity index is 2.22. The van der Waals surface area contributed by atoms with Gasteiger partial charge in [0.15, 0.2) is 0 Å². The summed E-state index contributed by atoms with van der Waals surface area (Å²) < 4.78 is 11.1. The van der Waals surface area contributed by atoms with Crippen LogP contribution in [0.15, 0.2) is 42.5 Å². The number of aryl methyl sites for hydroxylation is 1. The number of hydrogen-bond donors (Lipinski definition) is 2. The first-order chi connectivity index (χ1) is 9.61. The van der Waals surface area contributed by atoms with E-state index < -0.39 is 0 Å². The second-order valence-electron chi connectivity index (χ2n) is 4.49. The maximum absolute atomic E-state index is 7.49. The molecule has 0 aliphatic rings. The van der Waals surface area contributed by atoms with Gasteiger partial charge >= 0.3 is 0 Å². The molecule has 0 aliphatic heterocycles. The van der Waals surface area contributed by atoms with Crippen molar-refractivity contribution in [3.8, 4) is 11.5 Å². The fourth-order valence-electron chi connectivity index (χ4n) is 1.93. The highest BCUT2D eigenvalue weighted by atomic mass is 16.5. The topological polar surface area (TPSA) is 68.3 Å². The van der Waals surface area contributed by atoms with Crippen LogP contribution < -0.4 is 15.2 Å². The highest BCUT2D eigenvalue weighted by molar-refractivity contribution is 5.95. The van der Waals surface area contributed by atoms with Crippen molar-refractivity contribution in [2.24, 2.45) is 5.73 Å². The van der Waals surface area contributed by atoms with Crippen LogP contribution in [-0.2, 0) is 6.61 Å². The SMILES string of the molecule is COc1ccc(C(=N)N)cc1COc1ccccc1C. The van der Waals surface area contributed by atoms with E-state index in [0.29, 0.717) is 12.2 Å². The Bertz CT molecular complexity index is 624. The molecule has 0 saturated heterocycles. The number of rotatable bonds is 5. The third kappa shape index (κ3) is 3.09. The molecular weight excluding hydrogens is 252 g/mol. The van der Waals surface area contributed by atoms with Crippen LogP contribution in [0.1, 0.15) is 16.7 Å². The molecule has 2 rings (SSSR count). The maximum atomic E-state index is 7.49. The van der Waals surface area contributed by atoms with Gasteiger partial charge in [0.1, 0.15) is 23.9 Å². The first kappa shape index (κ1) is 13.9. The molecule has 0 atom stereocenters. The van der Waals surface area contributed by atoms with Gasteiger partial charge in [-0.05, 0) is 36.8 Å². The average Bonchev–Trinajstić information content (AvgIpc) is 2.46. The Morgan fingerprint density at radius 2 is 1.90 bits per heavy atom. The quantitative estimate of drug-likeness (QED) is 0.648. The molecule has 20 heavy (non-hydrogen) atoms. The molecular formula is C16H18N2O2. The fourth-order valence-corrected chi connectivity index (χ4v) is 1.93. The van der Waals surface area contributed by atoms with Crippen LogP contribution in [0, 0.1) is 12.3 Å². The molecule has 3 N–H and O–H groups in total. The summed E-state index contributed by atoms with van der Waals surface area (Å²) in [6, 6.07) is 13.2. The molecule has 4 nitrogen and oxygen atoms in total. The molecule has 0 aromatic heterocycles. The van der Waals surface area contributed by atoms with Crippen molar-refractivity contribution < 1.29 is 9.47 Å². The van der Waals surface area contributed by atoms with Gasteiger partial charge in [-0.3, -0.25) is 5.41 Å². The van der Waals surface area contributed by atoms with Gasteiger partial charge < -0.3 is 15.2 Å². The number of nitrogens with two attached hydrogens (primary N) is 1. The highest BCUT2D eigenvalue weighted by Gasteiger charge is 2.08. The number of methoxy groups -OCH3 is 1. The summed E-state index contributed by atoms with van der Waals surface area (Å²) in [6.45, 7) is 2.37. The summed E-state index contributed by atoms with van der Waals surface area (Å²) in [6.07, 6.45) is 0. The van der Waals surface area contributed by atoms with Gasteiger partial charge in [0.25, 0.3) is 0 Å². The summed E-state index contributed by atoms with van der Waals surface area (Å²) >= 11 is 0. The highest BCUT2D eigenvalue weighted by Crippen LogP contribution is 2.23.